The quantitative estimate of drug-likeness (QED) is 0.764. The molecule has 1 atom stereocenters. The molecule has 0 saturated heterocycles. The van der Waals surface area contributed by atoms with Crippen LogP contribution in [0.4, 0.5) is 8.78 Å². The van der Waals surface area contributed by atoms with Gasteiger partial charge in [0, 0.05) is 18.5 Å². The van der Waals surface area contributed by atoms with Crippen LogP contribution in [0.3, 0.4) is 0 Å². The number of alkyl halides is 1. The van der Waals surface area contributed by atoms with Crippen molar-refractivity contribution in [2.45, 2.75) is 32.5 Å². The molecule has 2 aromatic carbocycles. The topological polar surface area (TPSA) is 40.5 Å². The highest BCUT2D eigenvalue weighted by Crippen LogP contribution is 2.26. The van der Waals surface area contributed by atoms with E-state index < -0.39 is 12.1 Å². The molecule has 3 nitrogen and oxygen atoms in total. The van der Waals surface area contributed by atoms with Gasteiger partial charge in [-0.3, -0.25) is 4.79 Å². The molecule has 2 rings (SSSR count). The maximum absolute atomic E-state index is 14.7. The van der Waals surface area contributed by atoms with Crippen molar-refractivity contribution < 1.29 is 18.7 Å². The monoisotopic (exact) mass is 333 g/mol. The van der Waals surface area contributed by atoms with Crippen LogP contribution < -0.4 is 0 Å². The summed E-state index contributed by atoms with van der Waals surface area (Å²) in [5.41, 5.74) is 0.753. The van der Waals surface area contributed by atoms with Crippen LogP contribution in [0.2, 0.25) is 0 Å². The fourth-order valence-electron chi connectivity index (χ4n) is 2.50. The smallest absolute Gasteiger partial charge is 0.225 e. The molecule has 0 heterocycles. The van der Waals surface area contributed by atoms with Crippen LogP contribution in [-0.2, 0) is 11.2 Å². The highest BCUT2D eigenvalue weighted by molar-refractivity contribution is 5.76. The number of amides is 1. The van der Waals surface area contributed by atoms with E-state index >= 15 is 0 Å². The Morgan fingerprint density at radius 1 is 1.17 bits per heavy atom. The summed E-state index contributed by atoms with van der Waals surface area (Å²) in [6.45, 7) is 2.07. The molecule has 0 aromatic heterocycles. The van der Waals surface area contributed by atoms with Crippen molar-refractivity contribution in [3.63, 3.8) is 0 Å². The van der Waals surface area contributed by atoms with Gasteiger partial charge in [-0.15, -0.1) is 0 Å². The van der Waals surface area contributed by atoms with Crippen LogP contribution in [0.5, 0.6) is 5.75 Å². The first-order valence-corrected chi connectivity index (χ1v) is 7.98. The van der Waals surface area contributed by atoms with Crippen molar-refractivity contribution in [1.82, 2.24) is 4.90 Å². The lowest BCUT2D eigenvalue weighted by atomic mass is 10.1. The van der Waals surface area contributed by atoms with E-state index in [2.05, 4.69) is 0 Å². The van der Waals surface area contributed by atoms with Crippen LogP contribution in [0.15, 0.2) is 48.5 Å². The number of benzene rings is 2. The Bertz CT molecular complexity index is 673. The lowest BCUT2D eigenvalue weighted by Crippen LogP contribution is -2.34. The highest BCUT2D eigenvalue weighted by atomic mass is 19.1. The lowest BCUT2D eigenvalue weighted by Gasteiger charge is -2.26. The predicted octanol–water partition coefficient (Wildman–Crippen LogP) is 4.37. The molecular formula is C19H21F2NO2. The standard InChI is InChI=1S/C19H21F2NO2/c1-2-13-22(19(21)16-5-3-4-6-17(16)20)18(24)12-9-14-7-10-15(23)11-8-14/h3-8,10-11,19,23H,2,9,12-13H2,1H3. The summed E-state index contributed by atoms with van der Waals surface area (Å²) < 4.78 is 28.5. The number of phenolic OH excluding ortho intramolecular Hbond substituents is 1. The summed E-state index contributed by atoms with van der Waals surface area (Å²) in [5, 5.41) is 9.26. The first-order valence-electron chi connectivity index (χ1n) is 7.98. The van der Waals surface area contributed by atoms with E-state index in [4.69, 9.17) is 0 Å². The Balaban J connectivity index is 2.07. The van der Waals surface area contributed by atoms with Crippen molar-refractivity contribution in [2.75, 3.05) is 6.54 Å². The van der Waals surface area contributed by atoms with E-state index in [9.17, 15) is 18.7 Å². The van der Waals surface area contributed by atoms with Crippen LogP contribution in [0.1, 0.15) is 37.2 Å². The number of halogens is 2. The van der Waals surface area contributed by atoms with Crippen molar-refractivity contribution in [1.29, 1.82) is 0 Å². The van der Waals surface area contributed by atoms with Gasteiger partial charge >= 0.3 is 0 Å². The van der Waals surface area contributed by atoms with Gasteiger partial charge < -0.3 is 10.0 Å². The first-order chi connectivity index (χ1) is 11.5. The molecule has 0 aliphatic heterocycles. The SMILES string of the molecule is CCCN(C(=O)CCc1ccc(O)cc1)C(F)c1ccccc1F. The molecule has 2 aromatic rings. The fraction of sp³-hybridized carbons (Fsp3) is 0.316. The number of aryl methyl sites for hydroxylation is 1. The van der Waals surface area contributed by atoms with E-state index in [0.29, 0.717) is 12.8 Å². The third kappa shape index (κ3) is 4.54. The van der Waals surface area contributed by atoms with E-state index in [1.54, 1.807) is 30.3 Å². The van der Waals surface area contributed by atoms with Gasteiger partial charge in [-0.25, -0.2) is 8.78 Å². The fourth-order valence-corrected chi connectivity index (χ4v) is 2.50. The Hall–Kier alpha value is -2.43. The van der Waals surface area contributed by atoms with Gasteiger partial charge in [-0.05, 0) is 36.6 Å². The zero-order valence-electron chi connectivity index (χ0n) is 13.6. The van der Waals surface area contributed by atoms with Crippen LogP contribution in [0, 0.1) is 5.82 Å². The number of phenols is 1. The average Bonchev–Trinajstić information content (AvgIpc) is 2.59. The average molecular weight is 333 g/mol. The van der Waals surface area contributed by atoms with E-state index in [-0.39, 0.29) is 30.2 Å². The molecule has 0 spiro atoms. The summed E-state index contributed by atoms with van der Waals surface area (Å²) in [4.78, 5) is 13.5. The molecule has 0 fully saturated rings. The molecule has 0 bridgehead atoms. The third-order valence-corrected chi connectivity index (χ3v) is 3.78. The van der Waals surface area contributed by atoms with Gasteiger partial charge in [-0.2, -0.15) is 0 Å². The van der Waals surface area contributed by atoms with Gasteiger partial charge in [0.2, 0.25) is 12.2 Å². The number of rotatable bonds is 7. The molecule has 1 N–H and O–H groups in total. The predicted molar refractivity (Wildman–Crippen MR) is 88.7 cm³/mol. The van der Waals surface area contributed by atoms with E-state index in [1.165, 1.54) is 18.2 Å². The molecule has 5 heteroatoms. The number of hydrogen-bond donors (Lipinski definition) is 1. The summed E-state index contributed by atoms with van der Waals surface area (Å²) in [6, 6.07) is 12.1. The summed E-state index contributed by atoms with van der Waals surface area (Å²) in [6.07, 6.45) is -0.651. The Kier molecular flexibility index (Phi) is 6.29. The summed E-state index contributed by atoms with van der Waals surface area (Å²) >= 11 is 0. The molecule has 0 saturated carbocycles. The van der Waals surface area contributed by atoms with Crippen LogP contribution in [-0.4, -0.2) is 22.5 Å². The van der Waals surface area contributed by atoms with Crippen LogP contribution in [0.25, 0.3) is 0 Å². The van der Waals surface area contributed by atoms with Gasteiger partial charge in [0.1, 0.15) is 11.6 Å². The van der Waals surface area contributed by atoms with Gasteiger partial charge in [0.05, 0.1) is 0 Å². The van der Waals surface area contributed by atoms with E-state index in [1.807, 2.05) is 6.92 Å². The zero-order chi connectivity index (χ0) is 17.5. The van der Waals surface area contributed by atoms with Crippen molar-refractivity contribution in [2.24, 2.45) is 0 Å². The first kappa shape index (κ1) is 17.9. The Morgan fingerprint density at radius 3 is 2.46 bits per heavy atom. The largest absolute Gasteiger partial charge is 0.508 e. The van der Waals surface area contributed by atoms with Crippen molar-refractivity contribution in [3.8, 4) is 5.75 Å². The van der Waals surface area contributed by atoms with Crippen molar-refractivity contribution >= 4 is 5.91 Å². The summed E-state index contributed by atoms with van der Waals surface area (Å²) in [7, 11) is 0. The van der Waals surface area contributed by atoms with Crippen molar-refractivity contribution in [3.05, 3.63) is 65.5 Å². The van der Waals surface area contributed by atoms with Gasteiger partial charge in [0.25, 0.3) is 0 Å². The molecule has 1 amide bonds. The zero-order valence-corrected chi connectivity index (χ0v) is 13.6. The third-order valence-electron chi connectivity index (χ3n) is 3.78. The maximum atomic E-state index is 14.7. The molecular weight excluding hydrogens is 312 g/mol. The molecule has 0 aliphatic carbocycles. The highest BCUT2D eigenvalue weighted by Gasteiger charge is 2.25. The summed E-state index contributed by atoms with van der Waals surface area (Å²) in [5.74, 6) is -0.862. The molecule has 0 radical (unpaired) electrons. The number of hydrogen-bond acceptors (Lipinski definition) is 2. The molecule has 0 aliphatic rings. The van der Waals surface area contributed by atoms with Gasteiger partial charge in [0.15, 0.2) is 0 Å². The number of carbonyl (C=O) groups excluding carboxylic acids is 1. The minimum atomic E-state index is -1.79. The second kappa shape index (κ2) is 8.43. The number of aromatic hydroxyl groups is 1. The molecule has 1 unspecified atom stereocenters. The van der Waals surface area contributed by atoms with Crippen LogP contribution >= 0.6 is 0 Å². The second-order valence-electron chi connectivity index (χ2n) is 5.61. The minimum absolute atomic E-state index is 0.121. The molecule has 128 valence electrons. The van der Waals surface area contributed by atoms with E-state index in [0.717, 1.165) is 10.5 Å². The normalized spacial score (nSPS) is 12.0. The number of carbonyl (C=O) groups is 1. The maximum Gasteiger partial charge on any atom is 0.225 e. The lowest BCUT2D eigenvalue weighted by molar-refractivity contribution is -0.137. The van der Waals surface area contributed by atoms with Gasteiger partial charge in [-0.1, -0.05) is 37.3 Å². The minimum Gasteiger partial charge on any atom is -0.508 e. The Morgan fingerprint density at radius 2 is 1.83 bits per heavy atom. The number of nitrogens with zero attached hydrogens (tertiary/aromatic N) is 1. The second-order valence-corrected chi connectivity index (χ2v) is 5.61. The Labute approximate surface area is 140 Å². The molecule has 24 heavy (non-hydrogen) atoms.